The molecule has 0 spiro atoms. The highest BCUT2D eigenvalue weighted by molar-refractivity contribution is 7.15. The minimum absolute atomic E-state index is 0.156. The molecule has 2 aromatic heterocycles. The molecule has 21 heavy (non-hydrogen) atoms. The van der Waals surface area contributed by atoms with Crippen LogP contribution in [0.15, 0.2) is 6.20 Å². The zero-order valence-corrected chi connectivity index (χ0v) is 13.0. The van der Waals surface area contributed by atoms with Gasteiger partial charge < -0.3 is 0 Å². The summed E-state index contributed by atoms with van der Waals surface area (Å²) in [5.41, 5.74) is 1.56. The molecular weight excluding hydrogens is 286 g/mol. The van der Waals surface area contributed by atoms with E-state index in [9.17, 15) is 4.79 Å². The van der Waals surface area contributed by atoms with Crippen LogP contribution in [0.2, 0.25) is 0 Å². The molecule has 0 bridgehead atoms. The van der Waals surface area contributed by atoms with E-state index >= 15 is 0 Å². The van der Waals surface area contributed by atoms with E-state index in [2.05, 4.69) is 39.6 Å². The first-order valence-electron chi connectivity index (χ1n) is 7.37. The van der Waals surface area contributed by atoms with Gasteiger partial charge in [-0.25, -0.2) is 0 Å². The lowest BCUT2D eigenvalue weighted by atomic mass is 10.1. The van der Waals surface area contributed by atoms with Crippen LogP contribution in [-0.4, -0.2) is 26.3 Å². The number of rotatable bonds is 6. The van der Waals surface area contributed by atoms with Crippen LogP contribution in [-0.2, 0) is 0 Å². The molecule has 2 heterocycles. The van der Waals surface area contributed by atoms with Crippen molar-refractivity contribution in [3.8, 4) is 0 Å². The minimum Gasteiger partial charge on any atom is -0.296 e. The van der Waals surface area contributed by atoms with Crippen LogP contribution in [0.4, 0.5) is 5.13 Å². The van der Waals surface area contributed by atoms with Gasteiger partial charge in [-0.3, -0.25) is 15.2 Å². The van der Waals surface area contributed by atoms with Crippen LogP contribution >= 0.6 is 11.3 Å². The van der Waals surface area contributed by atoms with Gasteiger partial charge in [0.15, 0.2) is 0 Å². The van der Waals surface area contributed by atoms with Gasteiger partial charge >= 0.3 is 0 Å². The fourth-order valence-corrected chi connectivity index (χ4v) is 3.19. The highest BCUT2D eigenvalue weighted by Gasteiger charge is 2.30. The largest absolute Gasteiger partial charge is 0.296 e. The fourth-order valence-electron chi connectivity index (χ4n) is 2.37. The van der Waals surface area contributed by atoms with Gasteiger partial charge in [0, 0.05) is 11.8 Å². The van der Waals surface area contributed by atoms with Gasteiger partial charge in [-0.15, -0.1) is 10.2 Å². The van der Waals surface area contributed by atoms with E-state index in [1.165, 1.54) is 11.3 Å². The van der Waals surface area contributed by atoms with Gasteiger partial charge in [-0.05, 0) is 19.3 Å². The number of hydrogen-bond acceptors (Lipinski definition) is 5. The van der Waals surface area contributed by atoms with Crippen molar-refractivity contribution in [2.45, 2.75) is 51.4 Å². The number of aromatic nitrogens is 4. The van der Waals surface area contributed by atoms with E-state index in [0.29, 0.717) is 22.5 Å². The summed E-state index contributed by atoms with van der Waals surface area (Å²) in [4.78, 5) is 12.3. The summed E-state index contributed by atoms with van der Waals surface area (Å²) >= 11 is 1.45. The molecule has 0 saturated heterocycles. The van der Waals surface area contributed by atoms with Gasteiger partial charge in [0.1, 0.15) is 5.01 Å². The Morgan fingerprint density at radius 3 is 3.05 bits per heavy atom. The van der Waals surface area contributed by atoms with Crippen LogP contribution < -0.4 is 5.32 Å². The molecule has 2 aromatic rings. The van der Waals surface area contributed by atoms with Gasteiger partial charge in [0.2, 0.25) is 5.13 Å². The molecule has 112 valence electrons. The normalized spacial score (nSPS) is 15.9. The zero-order valence-electron chi connectivity index (χ0n) is 12.2. The van der Waals surface area contributed by atoms with Gasteiger partial charge in [0.05, 0.1) is 17.5 Å². The molecule has 3 rings (SSSR count). The highest BCUT2D eigenvalue weighted by Crippen LogP contribution is 2.40. The second-order valence-electron chi connectivity index (χ2n) is 5.56. The van der Waals surface area contributed by atoms with E-state index < -0.39 is 0 Å². The summed E-state index contributed by atoms with van der Waals surface area (Å²) in [6.45, 7) is 4.29. The summed E-state index contributed by atoms with van der Waals surface area (Å²) in [5.74, 6) is 0.688. The predicted molar refractivity (Wildman–Crippen MR) is 81.7 cm³/mol. The number of aromatic amines is 1. The van der Waals surface area contributed by atoms with Crippen LogP contribution in [0.3, 0.4) is 0 Å². The zero-order chi connectivity index (χ0) is 14.8. The third-order valence-electron chi connectivity index (χ3n) is 3.70. The summed E-state index contributed by atoms with van der Waals surface area (Å²) in [5, 5.41) is 19.5. The van der Waals surface area contributed by atoms with E-state index in [0.717, 1.165) is 36.4 Å². The molecule has 1 aliphatic carbocycles. The van der Waals surface area contributed by atoms with Crippen molar-refractivity contribution in [3.05, 3.63) is 22.5 Å². The molecule has 6 nitrogen and oxygen atoms in total. The second kappa shape index (κ2) is 5.93. The van der Waals surface area contributed by atoms with Gasteiger partial charge in [-0.1, -0.05) is 31.6 Å². The van der Waals surface area contributed by atoms with Crippen molar-refractivity contribution in [3.63, 3.8) is 0 Å². The lowest BCUT2D eigenvalue weighted by molar-refractivity contribution is 0.102. The van der Waals surface area contributed by atoms with Crippen molar-refractivity contribution in [1.82, 2.24) is 20.4 Å². The summed E-state index contributed by atoms with van der Waals surface area (Å²) in [6, 6.07) is 0. The third kappa shape index (κ3) is 3.12. The maximum absolute atomic E-state index is 12.3. The van der Waals surface area contributed by atoms with Crippen molar-refractivity contribution < 1.29 is 4.79 Å². The number of carbonyl (C=O) groups is 1. The predicted octanol–water partition coefficient (Wildman–Crippen LogP) is 3.29. The molecule has 1 aliphatic rings. The summed E-state index contributed by atoms with van der Waals surface area (Å²) < 4.78 is 0. The lowest BCUT2D eigenvalue weighted by Gasteiger charge is -2.03. The number of nitrogens with one attached hydrogen (secondary N) is 2. The van der Waals surface area contributed by atoms with E-state index in [-0.39, 0.29) is 5.91 Å². The molecule has 1 saturated carbocycles. The highest BCUT2D eigenvalue weighted by atomic mass is 32.1. The lowest BCUT2D eigenvalue weighted by Crippen LogP contribution is -2.12. The number of anilines is 1. The molecule has 0 aromatic carbocycles. The first kappa shape index (κ1) is 14.2. The van der Waals surface area contributed by atoms with Crippen molar-refractivity contribution in [1.29, 1.82) is 0 Å². The number of amides is 1. The first-order chi connectivity index (χ1) is 10.2. The quantitative estimate of drug-likeness (QED) is 0.857. The number of nitrogens with zero attached hydrogens (tertiary/aromatic N) is 3. The van der Waals surface area contributed by atoms with Crippen molar-refractivity contribution in [2.75, 3.05) is 5.32 Å². The maximum Gasteiger partial charge on any atom is 0.260 e. The van der Waals surface area contributed by atoms with Crippen LogP contribution in [0, 0.1) is 0 Å². The Morgan fingerprint density at radius 1 is 1.52 bits per heavy atom. The van der Waals surface area contributed by atoms with Gasteiger partial charge in [0.25, 0.3) is 5.91 Å². The second-order valence-corrected chi connectivity index (χ2v) is 6.57. The molecule has 0 aliphatic heterocycles. The number of carbonyl (C=O) groups excluding carboxylic acids is 1. The Bertz CT molecular complexity index is 631. The Morgan fingerprint density at radius 2 is 2.33 bits per heavy atom. The standard InChI is InChI=1S/C14H19N5OS/c1-3-4-8(2)13-18-19-14(21-13)16-12(20)10-7-15-17-11(10)9-5-6-9/h7-9H,3-6H2,1-2H3,(H,15,17)(H,16,19,20)/t8-/m0/s1. The molecule has 1 amide bonds. The topological polar surface area (TPSA) is 83.6 Å². The molecule has 7 heteroatoms. The minimum atomic E-state index is -0.156. The Hall–Kier alpha value is -1.76. The van der Waals surface area contributed by atoms with Crippen molar-refractivity contribution >= 4 is 22.4 Å². The van der Waals surface area contributed by atoms with Gasteiger partial charge in [-0.2, -0.15) is 5.10 Å². The molecule has 0 radical (unpaired) electrons. The molecule has 0 unspecified atom stereocenters. The smallest absolute Gasteiger partial charge is 0.260 e. The Kier molecular flexibility index (Phi) is 4.01. The molecule has 2 N–H and O–H groups in total. The van der Waals surface area contributed by atoms with Crippen LogP contribution in [0.25, 0.3) is 0 Å². The third-order valence-corrected chi connectivity index (χ3v) is 4.77. The average molecular weight is 305 g/mol. The van der Waals surface area contributed by atoms with E-state index in [4.69, 9.17) is 0 Å². The van der Waals surface area contributed by atoms with E-state index in [1.54, 1.807) is 6.20 Å². The van der Waals surface area contributed by atoms with Crippen LogP contribution in [0.1, 0.15) is 72.4 Å². The number of hydrogen-bond donors (Lipinski definition) is 2. The SMILES string of the molecule is CCC[C@H](C)c1nnc(NC(=O)c2cn[nH]c2C2CC2)s1. The maximum atomic E-state index is 12.3. The van der Waals surface area contributed by atoms with E-state index in [1.807, 2.05) is 0 Å². The molecular formula is C14H19N5OS. The molecule has 1 fully saturated rings. The van der Waals surface area contributed by atoms with Crippen LogP contribution in [0.5, 0.6) is 0 Å². The monoisotopic (exact) mass is 305 g/mol. The molecule has 1 atom stereocenters. The fraction of sp³-hybridized carbons (Fsp3) is 0.571. The summed E-state index contributed by atoms with van der Waals surface area (Å²) in [7, 11) is 0. The Balaban J connectivity index is 1.68. The average Bonchev–Trinajstić information content (AvgIpc) is 3.01. The number of H-pyrrole nitrogens is 1. The van der Waals surface area contributed by atoms with Crippen molar-refractivity contribution in [2.24, 2.45) is 0 Å². The summed E-state index contributed by atoms with van der Waals surface area (Å²) in [6.07, 6.45) is 6.03. The first-order valence-corrected chi connectivity index (χ1v) is 8.18. The Labute approximate surface area is 127 Å².